The van der Waals surface area contributed by atoms with Gasteiger partial charge in [-0.3, -0.25) is 4.79 Å². The predicted octanol–water partition coefficient (Wildman–Crippen LogP) is 2.72. The van der Waals surface area contributed by atoms with Crippen LogP contribution in [0, 0.1) is 0 Å². The van der Waals surface area contributed by atoms with Crippen LogP contribution in [0.25, 0.3) is 11.4 Å². The first-order valence-electron chi connectivity index (χ1n) is 7.56. The third kappa shape index (κ3) is 3.78. The van der Waals surface area contributed by atoms with E-state index in [2.05, 4.69) is 15.5 Å². The maximum atomic E-state index is 12.1. The highest BCUT2D eigenvalue weighted by molar-refractivity contribution is 5.89. The van der Waals surface area contributed by atoms with Crippen molar-refractivity contribution in [3.63, 3.8) is 0 Å². The summed E-state index contributed by atoms with van der Waals surface area (Å²) >= 11 is 0. The Morgan fingerprint density at radius 1 is 1.17 bits per heavy atom. The normalized spacial score (nSPS) is 10.4. The molecule has 1 N–H and O–H groups in total. The van der Waals surface area contributed by atoms with Gasteiger partial charge in [0.2, 0.25) is 5.82 Å². The van der Waals surface area contributed by atoms with Gasteiger partial charge in [-0.05, 0) is 24.1 Å². The highest BCUT2D eigenvalue weighted by atomic mass is 16.5. The van der Waals surface area contributed by atoms with Crippen LogP contribution in [-0.4, -0.2) is 29.7 Å². The van der Waals surface area contributed by atoms with Crippen LogP contribution >= 0.6 is 0 Å². The Bertz CT molecular complexity index is 815. The quantitative estimate of drug-likeness (QED) is 0.755. The number of rotatable bonds is 6. The summed E-state index contributed by atoms with van der Waals surface area (Å²) < 4.78 is 10.2. The maximum absolute atomic E-state index is 12.1. The Hall–Kier alpha value is -3.15. The number of ether oxygens (including phenoxy) is 1. The van der Waals surface area contributed by atoms with Gasteiger partial charge in [0.15, 0.2) is 0 Å². The largest absolute Gasteiger partial charge is 0.497 e. The SMILES string of the molecule is COc1cccc(-c2noc(C(=O)NCCc3ccccc3)n2)c1. The van der Waals surface area contributed by atoms with E-state index in [1.807, 2.05) is 48.5 Å². The second kappa shape index (κ2) is 7.41. The van der Waals surface area contributed by atoms with Gasteiger partial charge in [-0.25, -0.2) is 0 Å². The predicted molar refractivity (Wildman–Crippen MR) is 88.8 cm³/mol. The van der Waals surface area contributed by atoms with E-state index in [-0.39, 0.29) is 11.8 Å². The summed E-state index contributed by atoms with van der Waals surface area (Å²) in [7, 11) is 1.58. The number of nitrogens with zero attached hydrogens (tertiary/aromatic N) is 2. The smallest absolute Gasteiger partial charge is 0.316 e. The molecular formula is C18H17N3O3. The summed E-state index contributed by atoms with van der Waals surface area (Å²) in [4.78, 5) is 16.2. The molecule has 122 valence electrons. The topological polar surface area (TPSA) is 77.2 Å². The van der Waals surface area contributed by atoms with Crippen molar-refractivity contribution in [1.29, 1.82) is 0 Å². The standard InChI is InChI=1S/C18H17N3O3/c1-23-15-9-5-8-14(12-15)16-20-18(24-21-16)17(22)19-11-10-13-6-3-2-4-7-13/h2-9,12H,10-11H2,1H3,(H,19,22). The van der Waals surface area contributed by atoms with E-state index in [0.717, 1.165) is 17.5 Å². The molecule has 6 nitrogen and oxygen atoms in total. The minimum atomic E-state index is -0.382. The average Bonchev–Trinajstić information content (AvgIpc) is 3.13. The second-order valence-electron chi connectivity index (χ2n) is 5.15. The fraction of sp³-hybridized carbons (Fsp3) is 0.167. The molecule has 0 atom stereocenters. The molecule has 6 heteroatoms. The molecule has 0 spiro atoms. The van der Waals surface area contributed by atoms with Gasteiger partial charge in [0.1, 0.15) is 5.75 Å². The lowest BCUT2D eigenvalue weighted by molar-refractivity contribution is 0.0910. The number of benzene rings is 2. The Labute approximate surface area is 139 Å². The summed E-state index contributed by atoms with van der Waals surface area (Å²) in [5.41, 5.74) is 1.88. The van der Waals surface area contributed by atoms with Gasteiger partial charge >= 0.3 is 11.8 Å². The van der Waals surface area contributed by atoms with Crippen LogP contribution in [0.1, 0.15) is 16.2 Å². The number of methoxy groups -OCH3 is 1. The number of carbonyl (C=O) groups excluding carboxylic acids is 1. The van der Waals surface area contributed by atoms with Crippen LogP contribution in [0.3, 0.4) is 0 Å². The van der Waals surface area contributed by atoms with Gasteiger partial charge in [-0.1, -0.05) is 47.6 Å². The minimum Gasteiger partial charge on any atom is -0.497 e. The highest BCUT2D eigenvalue weighted by Crippen LogP contribution is 2.21. The molecule has 0 unspecified atom stereocenters. The van der Waals surface area contributed by atoms with Gasteiger partial charge in [-0.2, -0.15) is 4.98 Å². The van der Waals surface area contributed by atoms with E-state index in [1.165, 1.54) is 0 Å². The van der Waals surface area contributed by atoms with E-state index in [1.54, 1.807) is 13.2 Å². The molecule has 1 amide bonds. The zero-order valence-corrected chi connectivity index (χ0v) is 13.2. The van der Waals surface area contributed by atoms with Gasteiger partial charge in [0, 0.05) is 12.1 Å². The molecule has 0 fully saturated rings. The van der Waals surface area contributed by atoms with Crippen molar-refractivity contribution in [2.75, 3.05) is 13.7 Å². The number of aromatic nitrogens is 2. The maximum Gasteiger partial charge on any atom is 0.316 e. The lowest BCUT2D eigenvalue weighted by Gasteiger charge is -2.02. The highest BCUT2D eigenvalue weighted by Gasteiger charge is 2.16. The fourth-order valence-corrected chi connectivity index (χ4v) is 2.24. The van der Waals surface area contributed by atoms with Crippen molar-refractivity contribution in [3.05, 3.63) is 66.1 Å². The molecule has 1 aromatic heterocycles. The molecule has 1 heterocycles. The molecule has 0 saturated heterocycles. The Morgan fingerprint density at radius 3 is 2.79 bits per heavy atom. The van der Waals surface area contributed by atoms with Crippen LogP contribution in [0.2, 0.25) is 0 Å². The van der Waals surface area contributed by atoms with Crippen LogP contribution in [-0.2, 0) is 6.42 Å². The monoisotopic (exact) mass is 323 g/mol. The molecule has 2 aromatic carbocycles. The molecule has 0 aliphatic heterocycles. The second-order valence-corrected chi connectivity index (χ2v) is 5.15. The summed E-state index contributed by atoms with van der Waals surface area (Å²) in [5.74, 6) is 0.599. The summed E-state index contributed by atoms with van der Waals surface area (Å²) in [6.07, 6.45) is 0.740. The Kier molecular flexibility index (Phi) is 4.86. The molecule has 0 saturated carbocycles. The zero-order chi connectivity index (χ0) is 16.8. The van der Waals surface area contributed by atoms with Gasteiger partial charge in [-0.15, -0.1) is 0 Å². The first-order chi connectivity index (χ1) is 11.8. The average molecular weight is 323 g/mol. The lowest BCUT2D eigenvalue weighted by Crippen LogP contribution is -2.25. The molecule has 0 bridgehead atoms. The Balaban J connectivity index is 1.61. The number of carbonyl (C=O) groups is 1. The van der Waals surface area contributed by atoms with E-state index >= 15 is 0 Å². The molecule has 0 aliphatic carbocycles. The van der Waals surface area contributed by atoms with Gasteiger partial charge < -0.3 is 14.6 Å². The third-order valence-electron chi connectivity index (χ3n) is 3.49. The molecule has 3 rings (SSSR count). The number of hydrogen-bond acceptors (Lipinski definition) is 5. The van der Waals surface area contributed by atoms with Crippen molar-refractivity contribution >= 4 is 5.91 Å². The first-order valence-corrected chi connectivity index (χ1v) is 7.56. The van der Waals surface area contributed by atoms with E-state index in [0.29, 0.717) is 18.1 Å². The molecule has 0 radical (unpaired) electrons. The summed E-state index contributed by atoms with van der Waals surface area (Å²) in [6.45, 7) is 0.500. The summed E-state index contributed by atoms with van der Waals surface area (Å²) in [5, 5.41) is 6.62. The van der Waals surface area contributed by atoms with Gasteiger partial charge in [0.25, 0.3) is 0 Å². The molecular weight excluding hydrogens is 306 g/mol. The van der Waals surface area contributed by atoms with Crippen LogP contribution in [0.4, 0.5) is 0 Å². The van der Waals surface area contributed by atoms with Crippen LogP contribution < -0.4 is 10.1 Å². The van der Waals surface area contributed by atoms with Crippen LogP contribution in [0.15, 0.2) is 59.1 Å². The number of nitrogens with one attached hydrogen (secondary N) is 1. The molecule has 0 aliphatic rings. The van der Waals surface area contributed by atoms with Crippen molar-refractivity contribution < 1.29 is 14.1 Å². The fourth-order valence-electron chi connectivity index (χ4n) is 2.24. The molecule has 3 aromatic rings. The van der Waals surface area contributed by atoms with Crippen molar-refractivity contribution in [3.8, 4) is 17.1 Å². The van der Waals surface area contributed by atoms with Crippen LogP contribution in [0.5, 0.6) is 5.75 Å². The number of amides is 1. The van der Waals surface area contributed by atoms with Crippen molar-refractivity contribution in [2.45, 2.75) is 6.42 Å². The van der Waals surface area contributed by atoms with Crippen molar-refractivity contribution in [1.82, 2.24) is 15.5 Å². The van der Waals surface area contributed by atoms with E-state index in [9.17, 15) is 4.79 Å². The number of hydrogen-bond donors (Lipinski definition) is 1. The molecule has 24 heavy (non-hydrogen) atoms. The summed E-state index contributed by atoms with van der Waals surface area (Å²) in [6, 6.07) is 17.2. The van der Waals surface area contributed by atoms with E-state index < -0.39 is 0 Å². The van der Waals surface area contributed by atoms with Crippen molar-refractivity contribution in [2.24, 2.45) is 0 Å². The first kappa shape index (κ1) is 15.7. The minimum absolute atomic E-state index is 0.0547. The van der Waals surface area contributed by atoms with Gasteiger partial charge in [0.05, 0.1) is 7.11 Å². The zero-order valence-electron chi connectivity index (χ0n) is 13.2. The third-order valence-corrected chi connectivity index (χ3v) is 3.49. The Morgan fingerprint density at radius 2 is 2.00 bits per heavy atom. The lowest BCUT2D eigenvalue weighted by atomic mass is 10.1. The van der Waals surface area contributed by atoms with E-state index in [4.69, 9.17) is 9.26 Å².